The Morgan fingerprint density at radius 2 is 2.18 bits per heavy atom. The van der Waals surface area contributed by atoms with Crippen LogP contribution in [-0.2, 0) is 9.53 Å². The molecule has 0 heterocycles. The maximum absolute atomic E-state index is 12.0. The van der Waals surface area contributed by atoms with E-state index in [0.29, 0.717) is 6.54 Å². The predicted molar refractivity (Wildman–Crippen MR) is 65.5 cm³/mol. The van der Waals surface area contributed by atoms with E-state index in [1.165, 1.54) is 0 Å². The maximum atomic E-state index is 12.0. The summed E-state index contributed by atoms with van der Waals surface area (Å²) in [6.45, 7) is 0.337. The zero-order valence-corrected chi connectivity index (χ0v) is 10.8. The molecule has 0 bridgehead atoms. The summed E-state index contributed by atoms with van der Waals surface area (Å²) in [7, 11) is 3.31. The number of ether oxygens (including phenoxy) is 1. The van der Waals surface area contributed by atoms with E-state index in [0.717, 1.165) is 25.7 Å². The summed E-state index contributed by atoms with van der Waals surface area (Å²) in [4.78, 5) is 13.7. The van der Waals surface area contributed by atoms with Crippen molar-refractivity contribution < 1.29 is 14.6 Å². The highest BCUT2D eigenvalue weighted by atomic mass is 16.5. The lowest BCUT2D eigenvalue weighted by molar-refractivity contribution is -0.137. The van der Waals surface area contributed by atoms with Crippen molar-refractivity contribution in [3.63, 3.8) is 0 Å². The van der Waals surface area contributed by atoms with Gasteiger partial charge in [0.25, 0.3) is 0 Å². The first-order valence-electron chi connectivity index (χ1n) is 6.26. The van der Waals surface area contributed by atoms with Gasteiger partial charge < -0.3 is 20.5 Å². The van der Waals surface area contributed by atoms with Crippen molar-refractivity contribution in [2.75, 3.05) is 20.7 Å². The molecule has 0 aliphatic heterocycles. The third-order valence-electron chi connectivity index (χ3n) is 3.58. The summed E-state index contributed by atoms with van der Waals surface area (Å²) in [5, 5.41) is 9.89. The lowest BCUT2D eigenvalue weighted by atomic mass is 9.91. The quantitative estimate of drug-likeness (QED) is 0.720. The van der Waals surface area contributed by atoms with Crippen molar-refractivity contribution in [1.82, 2.24) is 4.90 Å². The number of rotatable bonds is 5. The molecule has 0 radical (unpaired) electrons. The van der Waals surface area contributed by atoms with E-state index in [1.807, 2.05) is 0 Å². The van der Waals surface area contributed by atoms with E-state index in [2.05, 4.69) is 0 Å². The molecule has 0 spiro atoms. The van der Waals surface area contributed by atoms with Gasteiger partial charge in [0.1, 0.15) is 0 Å². The van der Waals surface area contributed by atoms with Crippen LogP contribution in [0.3, 0.4) is 0 Å². The molecule has 3 atom stereocenters. The monoisotopic (exact) mass is 244 g/mol. The molecule has 5 nitrogen and oxygen atoms in total. The topological polar surface area (TPSA) is 75.8 Å². The Labute approximate surface area is 103 Å². The normalized spacial score (nSPS) is 26.6. The van der Waals surface area contributed by atoms with Crippen LogP contribution >= 0.6 is 0 Å². The lowest BCUT2D eigenvalue weighted by Gasteiger charge is -2.35. The summed E-state index contributed by atoms with van der Waals surface area (Å²) in [5.74, 6) is -0.00625. The molecule has 100 valence electrons. The van der Waals surface area contributed by atoms with Crippen LogP contribution in [0.5, 0.6) is 0 Å². The Morgan fingerprint density at radius 3 is 2.71 bits per heavy atom. The number of nitrogens with zero attached hydrogens (tertiary/aromatic N) is 1. The van der Waals surface area contributed by atoms with Crippen LogP contribution in [-0.4, -0.2) is 54.9 Å². The van der Waals surface area contributed by atoms with Gasteiger partial charge in [0.15, 0.2) is 0 Å². The van der Waals surface area contributed by atoms with Crippen LogP contribution in [0.1, 0.15) is 32.1 Å². The largest absolute Gasteiger partial charge is 0.391 e. The van der Waals surface area contributed by atoms with Gasteiger partial charge in [-0.3, -0.25) is 4.79 Å². The van der Waals surface area contributed by atoms with Crippen molar-refractivity contribution in [3.8, 4) is 0 Å². The first-order valence-corrected chi connectivity index (χ1v) is 6.26. The minimum atomic E-state index is -0.392. The Bertz CT molecular complexity index is 244. The fourth-order valence-corrected chi connectivity index (χ4v) is 2.33. The third kappa shape index (κ3) is 3.94. The minimum absolute atomic E-state index is 0.00625. The van der Waals surface area contributed by atoms with Crippen molar-refractivity contribution >= 4 is 5.91 Å². The fraction of sp³-hybridized carbons (Fsp3) is 0.917. The van der Waals surface area contributed by atoms with Crippen LogP contribution in [0, 0.1) is 0 Å². The van der Waals surface area contributed by atoms with Gasteiger partial charge in [0.2, 0.25) is 5.91 Å². The van der Waals surface area contributed by atoms with Crippen LogP contribution in [0.4, 0.5) is 0 Å². The van der Waals surface area contributed by atoms with Crippen molar-refractivity contribution in [1.29, 1.82) is 0 Å². The first-order chi connectivity index (χ1) is 8.10. The smallest absolute Gasteiger partial charge is 0.225 e. The van der Waals surface area contributed by atoms with Gasteiger partial charge in [-0.1, -0.05) is 12.8 Å². The molecule has 1 aliphatic rings. The van der Waals surface area contributed by atoms with E-state index in [9.17, 15) is 9.90 Å². The first kappa shape index (κ1) is 14.4. The number of amides is 1. The average Bonchev–Trinajstić information content (AvgIpc) is 2.35. The van der Waals surface area contributed by atoms with E-state index in [1.54, 1.807) is 19.1 Å². The molecule has 17 heavy (non-hydrogen) atoms. The van der Waals surface area contributed by atoms with Gasteiger partial charge in [0, 0.05) is 20.7 Å². The zero-order valence-electron chi connectivity index (χ0n) is 10.8. The van der Waals surface area contributed by atoms with Crippen LogP contribution in [0.15, 0.2) is 0 Å². The Balaban J connectivity index is 2.49. The molecule has 1 fully saturated rings. The molecule has 1 saturated carbocycles. The molecule has 3 N–H and O–H groups in total. The van der Waals surface area contributed by atoms with Crippen LogP contribution < -0.4 is 5.73 Å². The van der Waals surface area contributed by atoms with E-state index in [4.69, 9.17) is 10.5 Å². The fourth-order valence-electron chi connectivity index (χ4n) is 2.33. The van der Waals surface area contributed by atoms with Crippen LogP contribution in [0.2, 0.25) is 0 Å². The van der Waals surface area contributed by atoms with E-state index >= 15 is 0 Å². The Kier molecular flexibility index (Phi) is 5.88. The lowest BCUT2D eigenvalue weighted by Crippen LogP contribution is -2.47. The molecular weight excluding hydrogens is 220 g/mol. The summed E-state index contributed by atoms with van der Waals surface area (Å²) in [5.41, 5.74) is 5.49. The number of nitrogens with two attached hydrogens (primary N) is 1. The average molecular weight is 244 g/mol. The number of likely N-dealkylation sites (N-methyl/N-ethyl adjacent to an activating group) is 1. The second kappa shape index (κ2) is 6.93. The summed E-state index contributed by atoms with van der Waals surface area (Å²) >= 11 is 0. The second-order valence-corrected chi connectivity index (χ2v) is 4.72. The van der Waals surface area contributed by atoms with Gasteiger partial charge in [-0.2, -0.15) is 0 Å². The number of carbonyl (C=O) groups is 1. The highest BCUT2D eigenvalue weighted by Gasteiger charge is 2.29. The molecule has 5 heteroatoms. The highest BCUT2D eigenvalue weighted by Crippen LogP contribution is 2.23. The molecule has 0 aromatic heterocycles. The Morgan fingerprint density at radius 1 is 1.53 bits per heavy atom. The van der Waals surface area contributed by atoms with Crippen molar-refractivity contribution in [2.45, 2.75) is 50.4 Å². The summed E-state index contributed by atoms with van der Waals surface area (Å²) in [6, 6.07) is -0.0495. The molecule has 1 aliphatic carbocycles. The predicted octanol–water partition coefficient (Wildman–Crippen LogP) is 0.112. The second-order valence-electron chi connectivity index (χ2n) is 4.72. The van der Waals surface area contributed by atoms with Crippen molar-refractivity contribution in [2.24, 2.45) is 5.73 Å². The molecular formula is C12H24N2O3. The maximum Gasteiger partial charge on any atom is 0.225 e. The SMILES string of the molecule is COC(CN)CC(=O)N(C)C1CCCCC1O. The molecule has 3 unspecified atom stereocenters. The van der Waals surface area contributed by atoms with Gasteiger partial charge in [0.05, 0.1) is 24.7 Å². The molecule has 1 rings (SSSR count). The molecule has 0 aromatic carbocycles. The Hall–Kier alpha value is -0.650. The van der Waals surface area contributed by atoms with Crippen LogP contribution in [0.25, 0.3) is 0 Å². The molecule has 0 aromatic rings. The van der Waals surface area contributed by atoms with Gasteiger partial charge in [-0.25, -0.2) is 0 Å². The number of aliphatic hydroxyl groups excluding tert-OH is 1. The van der Waals surface area contributed by atoms with Gasteiger partial charge in [-0.15, -0.1) is 0 Å². The number of hydrogen-bond donors (Lipinski definition) is 2. The summed E-state index contributed by atoms with van der Waals surface area (Å²) < 4.78 is 5.10. The van der Waals surface area contributed by atoms with E-state index in [-0.39, 0.29) is 24.5 Å². The highest BCUT2D eigenvalue weighted by molar-refractivity contribution is 5.76. The molecule has 0 saturated heterocycles. The third-order valence-corrected chi connectivity index (χ3v) is 3.58. The number of aliphatic hydroxyl groups is 1. The van der Waals surface area contributed by atoms with Gasteiger partial charge in [-0.05, 0) is 12.8 Å². The number of carbonyl (C=O) groups excluding carboxylic acids is 1. The standard InChI is InChI=1S/C12H24N2O3/c1-14(10-5-3-4-6-11(10)15)12(16)7-9(8-13)17-2/h9-11,15H,3-8,13H2,1-2H3. The molecule has 1 amide bonds. The zero-order chi connectivity index (χ0) is 12.8. The summed E-state index contributed by atoms with van der Waals surface area (Å²) in [6.07, 6.45) is 3.44. The van der Waals surface area contributed by atoms with Crippen molar-refractivity contribution in [3.05, 3.63) is 0 Å². The van der Waals surface area contributed by atoms with E-state index < -0.39 is 6.10 Å². The minimum Gasteiger partial charge on any atom is -0.391 e. The number of methoxy groups -OCH3 is 1. The van der Waals surface area contributed by atoms with Gasteiger partial charge >= 0.3 is 0 Å². The number of hydrogen-bond acceptors (Lipinski definition) is 4.